The van der Waals surface area contributed by atoms with E-state index in [1.165, 1.54) is 11.8 Å². The molecule has 3 aromatic rings. The molecule has 2 aromatic carbocycles. The van der Waals surface area contributed by atoms with Gasteiger partial charge in [-0.15, -0.1) is 11.3 Å². The molecule has 0 aliphatic rings. The minimum atomic E-state index is -0.189. The lowest BCUT2D eigenvalue weighted by molar-refractivity contribution is -0.115. The van der Waals surface area contributed by atoms with Crippen LogP contribution in [0.3, 0.4) is 0 Å². The topological polar surface area (TPSA) is 42.0 Å². The van der Waals surface area contributed by atoms with Gasteiger partial charge in [-0.25, -0.2) is 4.98 Å². The van der Waals surface area contributed by atoms with Crippen LogP contribution in [-0.2, 0) is 4.79 Å². The summed E-state index contributed by atoms with van der Waals surface area (Å²) in [6.07, 6.45) is 0. The van der Waals surface area contributed by atoms with Crippen LogP contribution in [0.4, 0.5) is 5.69 Å². The number of anilines is 1. The van der Waals surface area contributed by atoms with Gasteiger partial charge >= 0.3 is 0 Å². The van der Waals surface area contributed by atoms with Crippen molar-refractivity contribution in [2.45, 2.75) is 16.5 Å². The van der Waals surface area contributed by atoms with Crippen molar-refractivity contribution in [1.29, 1.82) is 0 Å². The molecule has 1 atom stereocenters. The van der Waals surface area contributed by atoms with Gasteiger partial charge in [-0.3, -0.25) is 4.79 Å². The van der Waals surface area contributed by atoms with Crippen molar-refractivity contribution in [3.8, 4) is 0 Å². The summed E-state index contributed by atoms with van der Waals surface area (Å²) >= 11 is 3.11. The van der Waals surface area contributed by atoms with Gasteiger partial charge in [-0.1, -0.05) is 42.1 Å². The van der Waals surface area contributed by atoms with Crippen LogP contribution in [0.1, 0.15) is 6.92 Å². The first-order valence-electron chi connectivity index (χ1n) is 6.60. The highest BCUT2D eigenvalue weighted by atomic mass is 32.2. The van der Waals surface area contributed by atoms with E-state index in [4.69, 9.17) is 0 Å². The van der Waals surface area contributed by atoms with Gasteiger partial charge in [0.1, 0.15) is 0 Å². The molecule has 0 bridgehead atoms. The van der Waals surface area contributed by atoms with Crippen molar-refractivity contribution >= 4 is 44.9 Å². The van der Waals surface area contributed by atoms with Crippen molar-refractivity contribution in [3.05, 3.63) is 54.6 Å². The fraction of sp³-hybridized carbons (Fsp3) is 0.125. The monoisotopic (exact) mass is 314 g/mol. The molecule has 106 valence electrons. The number of hydrogen-bond donors (Lipinski definition) is 1. The molecule has 5 heteroatoms. The zero-order valence-corrected chi connectivity index (χ0v) is 13.1. The normalized spacial score (nSPS) is 12.2. The summed E-state index contributed by atoms with van der Waals surface area (Å²) in [4.78, 5) is 16.7. The number of amides is 1. The molecular weight excluding hydrogens is 300 g/mol. The van der Waals surface area contributed by atoms with Crippen LogP contribution >= 0.6 is 23.1 Å². The number of carbonyl (C=O) groups is 1. The third-order valence-corrected chi connectivity index (χ3v) is 5.19. The Hall–Kier alpha value is -1.85. The standard InChI is InChI=1S/C16H14N2OS2/c1-11(15(19)17-12-7-3-2-4-8-12)20-16-18-13-9-5-6-10-14(13)21-16/h2-11H,1H3,(H,17,19)/t11-/m1/s1. The lowest BCUT2D eigenvalue weighted by Crippen LogP contribution is -2.22. The third-order valence-electron chi connectivity index (χ3n) is 2.96. The minimum Gasteiger partial charge on any atom is -0.325 e. The number of carbonyl (C=O) groups excluding carboxylic acids is 1. The summed E-state index contributed by atoms with van der Waals surface area (Å²) in [7, 11) is 0. The van der Waals surface area contributed by atoms with Crippen LogP contribution in [0.15, 0.2) is 58.9 Å². The number of rotatable bonds is 4. The van der Waals surface area contributed by atoms with Gasteiger partial charge in [0.15, 0.2) is 4.34 Å². The highest BCUT2D eigenvalue weighted by molar-refractivity contribution is 8.02. The number of thiazole rings is 1. The Morgan fingerprint density at radius 3 is 2.62 bits per heavy atom. The van der Waals surface area contributed by atoms with Crippen molar-refractivity contribution in [2.24, 2.45) is 0 Å². The van der Waals surface area contributed by atoms with E-state index < -0.39 is 0 Å². The van der Waals surface area contributed by atoms with Crippen LogP contribution in [0.5, 0.6) is 0 Å². The summed E-state index contributed by atoms with van der Waals surface area (Å²) in [5.41, 5.74) is 1.81. The van der Waals surface area contributed by atoms with Crippen LogP contribution < -0.4 is 5.32 Å². The lowest BCUT2D eigenvalue weighted by Gasteiger charge is -2.10. The summed E-state index contributed by atoms with van der Waals surface area (Å²) in [5.74, 6) is -0.00884. The maximum Gasteiger partial charge on any atom is 0.237 e. The first-order valence-corrected chi connectivity index (χ1v) is 8.30. The Balaban J connectivity index is 1.67. The largest absolute Gasteiger partial charge is 0.325 e. The van der Waals surface area contributed by atoms with E-state index in [0.29, 0.717) is 0 Å². The van der Waals surface area contributed by atoms with E-state index in [0.717, 1.165) is 20.2 Å². The van der Waals surface area contributed by atoms with Gasteiger partial charge in [-0.2, -0.15) is 0 Å². The van der Waals surface area contributed by atoms with E-state index in [1.54, 1.807) is 11.3 Å². The smallest absolute Gasteiger partial charge is 0.237 e. The fourth-order valence-corrected chi connectivity index (χ4v) is 4.08. The lowest BCUT2D eigenvalue weighted by atomic mass is 10.3. The van der Waals surface area contributed by atoms with Crippen molar-refractivity contribution in [1.82, 2.24) is 4.98 Å². The van der Waals surface area contributed by atoms with E-state index in [-0.39, 0.29) is 11.2 Å². The van der Waals surface area contributed by atoms with Gasteiger partial charge in [0.05, 0.1) is 15.5 Å². The molecule has 21 heavy (non-hydrogen) atoms. The van der Waals surface area contributed by atoms with Crippen LogP contribution in [0.2, 0.25) is 0 Å². The highest BCUT2D eigenvalue weighted by Crippen LogP contribution is 2.32. The minimum absolute atomic E-state index is 0.00884. The molecule has 1 N–H and O–H groups in total. The number of fused-ring (bicyclic) bond motifs is 1. The molecule has 1 aromatic heterocycles. The molecule has 0 aliphatic heterocycles. The van der Waals surface area contributed by atoms with Gasteiger partial charge in [0.25, 0.3) is 0 Å². The summed E-state index contributed by atoms with van der Waals surface area (Å²) in [6, 6.07) is 17.5. The Bertz CT molecular complexity index is 722. The van der Waals surface area contributed by atoms with Gasteiger partial charge in [0, 0.05) is 5.69 Å². The molecule has 1 amide bonds. The Morgan fingerprint density at radius 2 is 1.86 bits per heavy atom. The molecule has 0 aliphatic carbocycles. The summed E-state index contributed by atoms with van der Waals surface area (Å²) in [5, 5.41) is 2.72. The number of benzene rings is 2. The second-order valence-corrected chi connectivity index (χ2v) is 7.18. The average molecular weight is 314 g/mol. The van der Waals surface area contributed by atoms with E-state index >= 15 is 0 Å². The fourth-order valence-electron chi connectivity index (χ4n) is 1.87. The number of thioether (sulfide) groups is 1. The second-order valence-electron chi connectivity index (χ2n) is 4.56. The predicted octanol–water partition coefficient (Wildman–Crippen LogP) is 4.42. The maximum atomic E-state index is 12.2. The predicted molar refractivity (Wildman–Crippen MR) is 90.0 cm³/mol. The molecule has 0 saturated carbocycles. The van der Waals surface area contributed by atoms with Crippen LogP contribution in [-0.4, -0.2) is 16.1 Å². The highest BCUT2D eigenvalue weighted by Gasteiger charge is 2.16. The number of nitrogens with one attached hydrogen (secondary N) is 1. The Morgan fingerprint density at radius 1 is 1.14 bits per heavy atom. The number of nitrogens with zero attached hydrogens (tertiary/aromatic N) is 1. The maximum absolute atomic E-state index is 12.2. The van der Waals surface area contributed by atoms with E-state index in [2.05, 4.69) is 10.3 Å². The Labute approximate surface area is 131 Å². The molecular formula is C16H14N2OS2. The van der Waals surface area contributed by atoms with Gasteiger partial charge < -0.3 is 5.32 Å². The SMILES string of the molecule is C[C@@H](Sc1nc2ccccc2s1)C(=O)Nc1ccccc1. The van der Waals surface area contributed by atoms with Crippen LogP contribution in [0, 0.1) is 0 Å². The average Bonchev–Trinajstić information content (AvgIpc) is 2.90. The van der Waals surface area contributed by atoms with Crippen molar-refractivity contribution in [2.75, 3.05) is 5.32 Å². The molecule has 1 heterocycles. The van der Waals surface area contributed by atoms with Gasteiger partial charge in [0.2, 0.25) is 5.91 Å². The Kier molecular flexibility index (Phi) is 4.22. The molecule has 0 radical (unpaired) electrons. The molecule has 0 saturated heterocycles. The number of hydrogen-bond acceptors (Lipinski definition) is 4. The molecule has 0 unspecified atom stereocenters. The number of aromatic nitrogens is 1. The van der Waals surface area contributed by atoms with E-state index in [1.807, 2.05) is 61.5 Å². The zero-order valence-electron chi connectivity index (χ0n) is 11.4. The summed E-state index contributed by atoms with van der Waals surface area (Å²) in [6.45, 7) is 1.90. The van der Waals surface area contributed by atoms with Crippen LogP contribution in [0.25, 0.3) is 10.2 Å². The molecule has 0 spiro atoms. The third kappa shape index (κ3) is 3.43. The zero-order chi connectivity index (χ0) is 14.7. The van der Waals surface area contributed by atoms with Gasteiger partial charge in [-0.05, 0) is 31.2 Å². The first kappa shape index (κ1) is 14.1. The molecule has 3 rings (SSSR count). The van der Waals surface area contributed by atoms with E-state index in [9.17, 15) is 4.79 Å². The summed E-state index contributed by atoms with van der Waals surface area (Å²) < 4.78 is 2.07. The second kappa shape index (κ2) is 6.28. The molecule has 0 fully saturated rings. The molecule has 3 nitrogen and oxygen atoms in total. The van der Waals surface area contributed by atoms with Crippen molar-refractivity contribution < 1.29 is 4.79 Å². The van der Waals surface area contributed by atoms with Crippen molar-refractivity contribution in [3.63, 3.8) is 0 Å². The first-order chi connectivity index (χ1) is 10.2. The number of para-hydroxylation sites is 2. The quantitative estimate of drug-likeness (QED) is 0.725.